The highest BCUT2D eigenvalue weighted by atomic mass is 35.5. The fourth-order valence-electron chi connectivity index (χ4n) is 3.92. The van der Waals surface area contributed by atoms with E-state index in [-0.39, 0.29) is 24.2 Å². The standard InChI is InChI=1S/C20H28ClN3O2.ClH/c1-14(15-5-4-8-22-13-15)11-19(25)23-18-7-6-16(21)12-17(18)20(26)24-9-2-3-10-24;/h6-7,12,14-15,22H,2-5,8-11,13H2,1H3,(H,23,25);1H. The van der Waals surface area contributed by atoms with E-state index in [9.17, 15) is 9.59 Å². The predicted molar refractivity (Wildman–Crippen MR) is 112 cm³/mol. The molecule has 7 heteroatoms. The number of likely N-dealkylation sites (tertiary alicyclic amines) is 1. The number of anilines is 1. The number of halogens is 2. The minimum atomic E-state index is -0.0511. The lowest BCUT2D eigenvalue weighted by Crippen LogP contribution is -2.34. The minimum absolute atomic E-state index is 0. The van der Waals surface area contributed by atoms with Gasteiger partial charge in [-0.15, -0.1) is 12.4 Å². The molecule has 0 aliphatic carbocycles. The van der Waals surface area contributed by atoms with Crippen LogP contribution in [0.15, 0.2) is 18.2 Å². The SMILES string of the molecule is CC(CC(=O)Nc1ccc(Cl)cc1C(=O)N1CCCC1)C1CCCNC1.Cl. The van der Waals surface area contributed by atoms with Crippen molar-refractivity contribution in [3.63, 3.8) is 0 Å². The number of nitrogens with zero attached hydrogens (tertiary/aromatic N) is 1. The first kappa shape index (κ1) is 22.0. The first-order valence-electron chi connectivity index (χ1n) is 9.64. The Morgan fingerprint density at radius 2 is 2.04 bits per heavy atom. The monoisotopic (exact) mass is 413 g/mol. The molecule has 1 aromatic rings. The summed E-state index contributed by atoms with van der Waals surface area (Å²) >= 11 is 6.10. The second-order valence-corrected chi connectivity index (χ2v) is 7.96. The number of benzene rings is 1. The van der Waals surface area contributed by atoms with Crippen molar-refractivity contribution < 1.29 is 9.59 Å². The highest BCUT2D eigenvalue weighted by Crippen LogP contribution is 2.26. The molecule has 2 heterocycles. The minimum Gasteiger partial charge on any atom is -0.339 e. The molecule has 0 radical (unpaired) electrons. The maximum atomic E-state index is 12.8. The Hall–Kier alpha value is -1.30. The topological polar surface area (TPSA) is 61.4 Å². The van der Waals surface area contributed by atoms with E-state index in [2.05, 4.69) is 17.6 Å². The van der Waals surface area contributed by atoms with Gasteiger partial charge in [0.05, 0.1) is 11.3 Å². The molecule has 0 spiro atoms. The van der Waals surface area contributed by atoms with Crippen LogP contribution in [0.3, 0.4) is 0 Å². The van der Waals surface area contributed by atoms with E-state index in [0.717, 1.165) is 39.0 Å². The summed E-state index contributed by atoms with van der Waals surface area (Å²) in [5.41, 5.74) is 1.05. The second-order valence-electron chi connectivity index (χ2n) is 7.53. The molecule has 150 valence electrons. The Morgan fingerprint density at radius 3 is 2.70 bits per heavy atom. The van der Waals surface area contributed by atoms with Gasteiger partial charge in [-0.05, 0) is 68.8 Å². The van der Waals surface area contributed by atoms with Crippen LogP contribution in [0.25, 0.3) is 0 Å². The van der Waals surface area contributed by atoms with E-state index < -0.39 is 0 Å². The Morgan fingerprint density at radius 1 is 1.30 bits per heavy atom. The van der Waals surface area contributed by atoms with Crippen LogP contribution in [0.5, 0.6) is 0 Å². The molecule has 2 N–H and O–H groups in total. The first-order chi connectivity index (χ1) is 12.5. The van der Waals surface area contributed by atoms with E-state index in [4.69, 9.17) is 11.6 Å². The average Bonchev–Trinajstić information content (AvgIpc) is 3.18. The second kappa shape index (κ2) is 10.3. The smallest absolute Gasteiger partial charge is 0.256 e. The first-order valence-corrected chi connectivity index (χ1v) is 10.0. The number of rotatable bonds is 5. The number of carbonyl (C=O) groups excluding carboxylic acids is 2. The van der Waals surface area contributed by atoms with Crippen molar-refractivity contribution in [3.05, 3.63) is 28.8 Å². The fraction of sp³-hybridized carbons (Fsp3) is 0.600. The van der Waals surface area contributed by atoms with Crippen LogP contribution in [0.1, 0.15) is 49.4 Å². The Labute approximate surface area is 172 Å². The molecular formula is C20H29Cl2N3O2. The van der Waals surface area contributed by atoms with Gasteiger partial charge in [-0.1, -0.05) is 18.5 Å². The van der Waals surface area contributed by atoms with Gasteiger partial charge in [-0.25, -0.2) is 0 Å². The van der Waals surface area contributed by atoms with Crippen LogP contribution >= 0.6 is 24.0 Å². The third kappa shape index (κ3) is 5.84. The summed E-state index contributed by atoms with van der Waals surface area (Å²) in [5.74, 6) is 0.754. The summed E-state index contributed by atoms with van der Waals surface area (Å²) in [5, 5.41) is 6.86. The van der Waals surface area contributed by atoms with Crippen LogP contribution in [0, 0.1) is 11.8 Å². The van der Waals surface area contributed by atoms with E-state index >= 15 is 0 Å². The number of hydrogen-bond donors (Lipinski definition) is 2. The van der Waals surface area contributed by atoms with Crippen LogP contribution in [-0.2, 0) is 4.79 Å². The number of carbonyl (C=O) groups is 2. The molecule has 2 atom stereocenters. The highest BCUT2D eigenvalue weighted by molar-refractivity contribution is 6.31. The fourth-order valence-corrected chi connectivity index (χ4v) is 4.09. The number of amides is 2. The van der Waals surface area contributed by atoms with Gasteiger partial charge in [-0.3, -0.25) is 9.59 Å². The lowest BCUT2D eigenvalue weighted by Gasteiger charge is -2.28. The third-order valence-electron chi connectivity index (χ3n) is 5.53. The largest absolute Gasteiger partial charge is 0.339 e. The summed E-state index contributed by atoms with van der Waals surface area (Å²) < 4.78 is 0. The third-order valence-corrected chi connectivity index (χ3v) is 5.76. The van der Waals surface area contributed by atoms with Gasteiger partial charge < -0.3 is 15.5 Å². The zero-order chi connectivity index (χ0) is 18.5. The molecule has 2 amide bonds. The maximum absolute atomic E-state index is 12.8. The predicted octanol–water partition coefficient (Wildman–Crippen LogP) is 3.96. The van der Waals surface area contributed by atoms with Crippen molar-refractivity contribution in [2.24, 2.45) is 11.8 Å². The van der Waals surface area contributed by atoms with Crippen molar-refractivity contribution in [3.8, 4) is 0 Å². The molecular weight excluding hydrogens is 385 g/mol. The highest BCUT2D eigenvalue weighted by Gasteiger charge is 2.25. The zero-order valence-corrected chi connectivity index (χ0v) is 17.4. The zero-order valence-electron chi connectivity index (χ0n) is 15.8. The van der Waals surface area contributed by atoms with Crippen LogP contribution in [0.4, 0.5) is 5.69 Å². The summed E-state index contributed by atoms with van der Waals surface area (Å²) in [6.07, 6.45) is 4.86. The molecule has 0 saturated carbocycles. The molecule has 2 unspecified atom stereocenters. The van der Waals surface area contributed by atoms with Crippen molar-refractivity contribution in [1.29, 1.82) is 0 Å². The summed E-state index contributed by atoms with van der Waals surface area (Å²) in [7, 11) is 0. The van der Waals surface area contributed by atoms with E-state index in [1.165, 1.54) is 12.8 Å². The van der Waals surface area contributed by atoms with Gasteiger partial charge in [0.15, 0.2) is 0 Å². The van der Waals surface area contributed by atoms with Crippen molar-refractivity contribution in [2.45, 2.75) is 39.0 Å². The molecule has 0 bridgehead atoms. The average molecular weight is 414 g/mol. The molecule has 1 aromatic carbocycles. The number of hydrogen-bond acceptors (Lipinski definition) is 3. The van der Waals surface area contributed by atoms with Gasteiger partial charge in [0.25, 0.3) is 5.91 Å². The van der Waals surface area contributed by atoms with Crippen LogP contribution in [-0.4, -0.2) is 42.9 Å². The summed E-state index contributed by atoms with van der Waals surface area (Å²) in [6.45, 7) is 5.72. The molecule has 27 heavy (non-hydrogen) atoms. The quantitative estimate of drug-likeness (QED) is 0.767. The molecule has 0 aromatic heterocycles. The van der Waals surface area contributed by atoms with Gasteiger partial charge in [-0.2, -0.15) is 0 Å². The van der Waals surface area contributed by atoms with Crippen molar-refractivity contribution in [2.75, 3.05) is 31.5 Å². The maximum Gasteiger partial charge on any atom is 0.256 e. The normalized spacial score (nSPS) is 20.7. The molecule has 3 rings (SSSR count). The molecule has 5 nitrogen and oxygen atoms in total. The van der Waals surface area contributed by atoms with Crippen LogP contribution in [0.2, 0.25) is 5.02 Å². The summed E-state index contributed by atoms with van der Waals surface area (Å²) in [6, 6.07) is 5.11. The Kier molecular flexibility index (Phi) is 8.39. The lowest BCUT2D eigenvalue weighted by atomic mass is 9.85. The molecule has 2 saturated heterocycles. The molecule has 2 aliphatic heterocycles. The number of piperidine rings is 1. The molecule has 2 aliphatic rings. The van der Waals surface area contributed by atoms with Gasteiger partial charge in [0.2, 0.25) is 5.91 Å². The number of nitrogens with one attached hydrogen (secondary N) is 2. The summed E-state index contributed by atoms with van der Waals surface area (Å²) in [4.78, 5) is 27.2. The van der Waals surface area contributed by atoms with Gasteiger partial charge >= 0.3 is 0 Å². The molecule has 2 fully saturated rings. The van der Waals surface area contributed by atoms with Crippen molar-refractivity contribution >= 4 is 41.5 Å². The van der Waals surface area contributed by atoms with Crippen molar-refractivity contribution in [1.82, 2.24) is 10.2 Å². The Balaban J connectivity index is 0.00000261. The lowest BCUT2D eigenvalue weighted by molar-refractivity contribution is -0.117. The van der Waals surface area contributed by atoms with Crippen LogP contribution < -0.4 is 10.6 Å². The van der Waals surface area contributed by atoms with E-state index in [0.29, 0.717) is 34.5 Å². The van der Waals surface area contributed by atoms with Gasteiger partial charge in [0.1, 0.15) is 0 Å². The Bertz CT molecular complexity index is 657. The van der Waals surface area contributed by atoms with E-state index in [1.54, 1.807) is 18.2 Å². The van der Waals surface area contributed by atoms with E-state index in [1.807, 2.05) is 4.90 Å². The van der Waals surface area contributed by atoms with Gasteiger partial charge in [0, 0.05) is 24.5 Å².